The summed E-state index contributed by atoms with van der Waals surface area (Å²) in [7, 11) is 0. The minimum Gasteiger partial charge on any atom is -0.480 e. The maximum Gasteiger partial charge on any atom is 0.263 e. The summed E-state index contributed by atoms with van der Waals surface area (Å²) in [5, 5.41) is 15.8. The van der Waals surface area contributed by atoms with E-state index in [4.69, 9.17) is 4.74 Å². The summed E-state index contributed by atoms with van der Waals surface area (Å²) >= 11 is 0. The van der Waals surface area contributed by atoms with Crippen molar-refractivity contribution in [3.05, 3.63) is 41.6 Å². The van der Waals surface area contributed by atoms with Gasteiger partial charge in [-0.3, -0.25) is 9.59 Å². The van der Waals surface area contributed by atoms with Crippen molar-refractivity contribution in [1.82, 2.24) is 15.2 Å². The first-order valence-electron chi connectivity index (χ1n) is 13.1. The number of nitrogens with zero attached hydrogens (tertiary/aromatic N) is 5. The normalized spacial score (nSPS) is 20.1. The molecule has 2 N–H and O–H groups in total. The van der Waals surface area contributed by atoms with E-state index in [1.54, 1.807) is 0 Å². The number of hydrogen-bond donors (Lipinski definition) is 2. The fourth-order valence-corrected chi connectivity index (χ4v) is 5.41. The molecule has 0 atom stereocenters. The standard InChI is InChI=1S/C27H31N7O3/c28-14-18-1-5-22-23(13-18)33(26(36)16-34(22)21-3-4-21)12-11-32-9-7-19(8-10-32)29-15-20-2-6-24-27(30-20)31-25(35)17-37-24/h1-2,5-6,13,19,21,29H,3-4,7-12,15-17H2,(H,30,31,35). The number of pyridine rings is 1. The molecule has 2 aromatic rings. The molecular formula is C27H31N7O3. The van der Waals surface area contributed by atoms with Gasteiger partial charge in [0.2, 0.25) is 5.91 Å². The van der Waals surface area contributed by atoms with Gasteiger partial charge in [0.15, 0.2) is 18.2 Å². The quantitative estimate of drug-likeness (QED) is 0.591. The number of fused-ring (bicyclic) bond motifs is 2. The topological polar surface area (TPSA) is 114 Å². The first kappa shape index (κ1) is 23.7. The fourth-order valence-electron chi connectivity index (χ4n) is 5.41. The van der Waals surface area contributed by atoms with E-state index in [0.717, 1.165) is 62.4 Å². The molecule has 1 saturated heterocycles. The Morgan fingerprint density at radius 3 is 2.70 bits per heavy atom. The number of carbonyl (C=O) groups excluding carboxylic acids is 2. The average Bonchev–Trinajstić information content (AvgIpc) is 3.76. The van der Waals surface area contributed by atoms with Crippen LogP contribution in [0.2, 0.25) is 0 Å². The third-order valence-corrected chi connectivity index (χ3v) is 7.63. The van der Waals surface area contributed by atoms with E-state index in [2.05, 4.69) is 31.5 Å². The zero-order valence-electron chi connectivity index (χ0n) is 20.8. The predicted molar refractivity (Wildman–Crippen MR) is 139 cm³/mol. The van der Waals surface area contributed by atoms with Gasteiger partial charge in [0.25, 0.3) is 5.91 Å². The molecular weight excluding hydrogens is 470 g/mol. The van der Waals surface area contributed by atoms with Gasteiger partial charge in [-0.15, -0.1) is 0 Å². The summed E-state index contributed by atoms with van der Waals surface area (Å²) in [5.41, 5.74) is 3.40. The van der Waals surface area contributed by atoms with Crippen molar-refractivity contribution < 1.29 is 14.3 Å². The van der Waals surface area contributed by atoms with Crippen molar-refractivity contribution in [2.75, 3.05) is 54.4 Å². The summed E-state index contributed by atoms with van der Waals surface area (Å²) in [5.74, 6) is 1.03. The van der Waals surface area contributed by atoms with Crippen LogP contribution in [0.15, 0.2) is 30.3 Å². The molecule has 10 nitrogen and oxygen atoms in total. The van der Waals surface area contributed by atoms with Gasteiger partial charge in [0.1, 0.15) is 0 Å². The van der Waals surface area contributed by atoms with E-state index < -0.39 is 0 Å². The lowest BCUT2D eigenvalue weighted by Crippen LogP contribution is -2.50. The van der Waals surface area contributed by atoms with Crippen LogP contribution in [-0.4, -0.2) is 73.1 Å². The lowest BCUT2D eigenvalue weighted by Gasteiger charge is -2.39. The molecule has 0 unspecified atom stereocenters. The highest BCUT2D eigenvalue weighted by Crippen LogP contribution is 2.40. The van der Waals surface area contributed by atoms with E-state index in [-0.39, 0.29) is 18.4 Å². The number of nitriles is 1. The van der Waals surface area contributed by atoms with E-state index >= 15 is 0 Å². The van der Waals surface area contributed by atoms with Crippen LogP contribution in [0.4, 0.5) is 17.2 Å². The Hall–Kier alpha value is -3.68. The van der Waals surface area contributed by atoms with Crippen molar-refractivity contribution in [3.63, 3.8) is 0 Å². The molecule has 0 bridgehead atoms. The number of amides is 2. The molecule has 0 radical (unpaired) electrons. The molecule has 2 amide bonds. The van der Waals surface area contributed by atoms with Gasteiger partial charge in [0, 0.05) is 31.7 Å². The van der Waals surface area contributed by atoms with Gasteiger partial charge in [-0.05, 0) is 69.1 Å². The van der Waals surface area contributed by atoms with Crippen molar-refractivity contribution in [2.24, 2.45) is 0 Å². The summed E-state index contributed by atoms with van der Waals surface area (Å²) in [6, 6.07) is 12.6. The number of likely N-dealkylation sites (tertiary alicyclic amines) is 1. The van der Waals surface area contributed by atoms with Crippen molar-refractivity contribution in [3.8, 4) is 11.8 Å². The van der Waals surface area contributed by atoms with Gasteiger partial charge in [-0.25, -0.2) is 4.98 Å². The minimum absolute atomic E-state index is 0.0309. The Kier molecular flexibility index (Phi) is 6.40. The van der Waals surface area contributed by atoms with Gasteiger partial charge in [0.05, 0.1) is 35.2 Å². The number of hydrogen-bond acceptors (Lipinski definition) is 8. The lowest BCUT2D eigenvalue weighted by atomic mass is 10.0. The van der Waals surface area contributed by atoms with Crippen LogP contribution in [-0.2, 0) is 16.1 Å². The highest BCUT2D eigenvalue weighted by molar-refractivity contribution is 6.03. The van der Waals surface area contributed by atoms with Gasteiger partial charge >= 0.3 is 0 Å². The molecule has 4 aliphatic rings. The third-order valence-electron chi connectivity index (χ3n) is 7.63. The summed E-state index contributed by atoms with van der Waals surface area (Å²) in [6.07, 6.45) is 4.29. The van der Waals surface area contributed by atoms with Crippen LogP contribution < -0.4 is 25.2 Å². The molecule has 2 fully saturated rings. The second-order valence-electron chi connectivity index (χ2n) is 10.2. The van der Waals surface area contributed by atoms with Gasteiger partial charge in [-0.1, -0.05) is 0 Å². The Labute approximate surface area is 216 Å². The van der Waals surface area contributed by atoms with Gasteiger partial charge in [-0.2, -0.15) is 5.26 Å². The number of benzene rings is 1. The highest BCUT2D eigenvalue weighted by Gasteiger charge is 2.37. The van der Waals surface area contributed by atoms with E-state index in [1.807, 2.05) is 35.2 Å². The maximum atomic E-state index is 13.1. The maximum absolute atomic E-state index is 13.1. The zero-order valence-corrected chi connectivity index (χ0v) is 20.8. The molecule has 1 aromatic carbocycles. The molecule has 10 heteroatoms. The summed E-state index contributed by atoms with van der Waals surface area (Å²) in [6.45, 7) is 4.44. The van der Waals surface area contributed by atoms with Crippen LogP contribution in [0.1, 0.15) is 36.9 Å². The molecule has 0 spiro atoms. The lowest BCUT2D eigenvalue weighted by molar-refractivity contribution is -0.119. The smallest absolute Gasteiger partial charge is 0.263 e. The zero-order chi connectivity index (χ0) is 25.4. The fraction of sp³-hybridized carbons (Fsp3) is 0.481. The number of rotatable bonds is 7. The first-order chi connectivity index (χ1) is 18.1. The molecule has 6 rings (SSSR count). The van der Waals surface area contributed by atoms with Crippen LogP contribution >= 0.6 is 0 Å². The van der Waals surface area contributed by atoms with Crippen LogP contribution in [0.3, 0.4) is 0 Å². The first-order valence-corrected chi connectivity index (χ1v) is 13.1. The van der Waals surface area contributed by atoms with Crippen molar-refractivity contribution in [2.45, 2.75) is 44.3 Å². The second kappa shape index (κ2) is 10.00. The molecule has 1 aliphatic carbocycles. The summed E-state index contributed by atoms with van der Waals surface area (Å²) in [4.78, 5) is 35.6. The third kappa shape index (κ3) is 5.10. The number of ether oxygens (including phenoxy) is 1. The Morgan fingerprint density at radius 2 is 1.92 bits per heavy atom. The van der Waals surface area contributed by atoms with E-state index in [1.165, 1.54) is 0 Å². The van der Waals surface area contributed by atoms with E-state index in [9.17, 15) is 14.9 Å². The van der Waals surface area contributed by atoms with Crippen LogP contribution in [0.5, 0.6) is 5.75 Å². The Balaban J connectivity index is 1.01. The Morgan fingerprint density at radius 1 is 1.08 bits per heavy atom. The average molecular weight is 502 g/mol. The highest BCUT2D eigenvalue weighted by atomic mass is 16.5. The number of nitrogens with one attached hydrogen (secondary N) is 2. The molecule has 3 aliphatic heterocycles. The molecule has 1 saturated carbocycles. The largest absolute Gasteiger partial charge is 0.480 e. The van der Waals surface area contributed by atoms with Crippen LogP contribution in [0.25, 0.3) is 0 Å². The van der Waals surface area contributed by atoms with Crippen LogP contribution in [0, 0.1) is 11.3 Å². The molecule has 37 heavy (non-hydrogen) atoms. The molecule has 192 valence electrons. The van der Waals surface area contributed by atoms with E-state index in [0.29, 0.717) is 48.8 Å². The van der Waals surface area contributed by atoms with Gasteiger partial charge < -0.3 is 30.1 Å². The van der Waals surface area contributed by atoms with Crippen molar-refractivity contribution in [1.29, 1.82) is 5.26 Å². The monoisotopic (exact) mass is 501 g/mol. The summed E-state index contributed by atoms with van der Waals surface area (Å²) < 4.78 is 5.38. The molecule has 1 aromatic heterocycles. The SMILES string of the molecule is N#Cc1ccc2c(c1)N(CCN1CCC(NCc3ccc4c(n3)NC(=O)CO4)CC1)C(=O)CN2C1CC1. The number of anilines is 3. The predicted octanol–water partition coefficient (Wildman–Crippen LogP) is 1.85. The number of aromatic nitrogens is 1. The Bertz CT molecular complexity index is 1250. The number of carbonyl (C=O) groups is 2. The molecule has 4 heterocycles. The van der Waals surface area contributed by atoms with Crippen molar-refractivity contribution >= 4 is 29.0 Å². The second-order valence-corrected chi connectivity index (χ2v) is 10.2. The number of piperidine rings is 1. The minimum atomic E-state index is -0.182.